The third-order valence-electron chi connectivity index (χ3n) is 3.77. The summed E-state index contributed by atoms with van der Waals surface area (Å²) in [5.41, 5.74) is 1.16. The van der Waals surface area contributed by atoms with E-state index in [1.165, 1.54) is 0 Å². The van der Waals surface area contributed by atoms with Gasteiger partial charge in [-0.3, -0.25) is 0 Å². The van der Waals surface area contributed by atoms with Gasteiger partial charge in [0.1, 0.15) is 5.82 Å². The number of nitrogens with zero attached hydrogens (tertiary/aromatic N) is 2. The Kier molecular flexibility index (Phi) is 5.56. The molecule has 1 aliphatic heterocycles. The normalized spacial score (nSPS) is 17.9. The number of carbonyl (C=O) groups is 1. The fourth-order valence-corrected chi connectivity index (χ4v) is 2.66. The zero-order chi connectivity index (χ0) is 15.2. The van der Waals surface area contributed by atoms with Gasteiger partial charge in [0.15, 0.2) is 0 Å². The van der Waals surface area contributed by atoms with E-state index < -0.39 is 5.97 Å². The summed E-state index contributed by atoms with van der Waals surface area (Å²) < 4.78 is 5.68. The number of likely N-dealkylation sites (N-methyl/N-ethyl adjacent to an activating group) is 1. The number of anilines is 1. The van der Waals surface area contributed by atoms with Crippen LogP contribution < -0.4 is 4.90 Å². The highest BCUT2D eigenvalue weighted by Crippen LogP contribution is 2.20. The summed E-state index contributed by atoms with van der Waals surface area (Å²) in [6.45, 7) is 6.52. The Hall–Kier alpha value is -1.62. The molecule has 0 amide bonds. The molecule has 1 N–H and O–H groups in total. The Morgan fingerprint density at radius 3 is 2.86 bits per heavy atom. The van der Waals surface area contributed by atoms with Crippen LogP contribution in [0.2, 0.25) is 0 Å². The van der Waals surface area contributed by atoms with E-state index in [-0.39, 0.29) is 6.10 Å². The smallest absolute Gasteiger partial charge is 0.335 e. The fourth-order valence-electron chi connectivity index (χ4n) is 2.66. The molecule has 21 heavy (non-hydrogen) atoms. The first-order valence-corrected chi connectivity index (χ1v) is 7.74. The molecule has 2 heterocycles. The number of aromatic carboxylic acids is 1. The molecule has 1 aliphatic rings. The van der Waals surface area contributed by atoms with Crippen LogP contribution in [0, 0.1) is 0 Å². The minimum Gasteiger partial charge on any atom is -0.478 e. The van der Waals surface area contributed by atoms with Gasteiger partial charge in [-0.05, 0) is 38.3 Å². The summed E-state index contributed by atoms with van der Waals surface area (Å²) >= 11 is 0. The molecule has 0 aliphatic carbocycles. The van der Waals surface area contributed by atoms with Crippen molar-refractivity contribution < 1.29 is 14.6 Å². The van der Waals surface area contributed by atoms with E-state index in [9.17, 15) is 9.90 Å². The average molecular weight is 292 g/mol. The van der Waals surface area contributed by atoms with Crippen LogP contribution in [0.15, 0.2) is 12.1 Å². The molecule has 5 heteroatoms. The van der Waals surface area contributed by atoms with Crippen LogP contribution in [0.1, 0.15) is 49.2 Å². The molecule has 0 bridgehead atoms. The zero-order valence-corrected chi connectivity index (χ0v) is 12.8. The molecular formula is C16H24N2O3. The SMILES string of the molecule is CCCc1cc(C(=O)O)cc(N(CC)CC2CCCO2)n1. The molecule has 1 aromatic rings. The van der Waals surface area contributed by atoms with Gasteiger partial charge < -0.3 is 14.7 Å². The highest BCUT2D eigenvalue weighted by atomic mass is 16.5. The van der Waals surface area contributed by atoms with E-state index >= 15 is 0 Å². The Bertz CT molecular complexity index is 484. The highest BCUT2D eigenvalue weighted by Gasteiger charge is 2.20. The van der Waals surface area contributed by atoms with Crippen LogP contribution in [0.5, 0.6) is 0 Å². The first kappa shape index (κ1) is 15.8. The van der Waals surface area contributed by atoms with Crippen molar-refractivity contribution in [1.82, 2.24) is 4.98 Å². The predicted molar refractivity (Wildman–Crippen MR) is 82.1 cm³/mol. The maximum Gasteiger partial charge on any atom is 0.335 e. The van der Waals surface area contributed by atoms with Crippen LogP contribution in [-0.4, -0.2) is 41.9 Å². The van der Waals surface area contributed by atoms with Crippen LogP contribution in [0.3, 0.4) is 0 Å². The second-order valence-corrected chi connectivity index (χ2v) is 5.43. The van der Waals surface area contributed by atoms with Gasteiger partial charge in [-0.1, -0.05) is 13.3 Å². The van der Waals surface area contributed by atoms with Gasteiger partial charge in [0, 0.05) is 25.4 Å². The van der Waals surface area contributed by atoms with Crippen molar-refractivity contribution in [2.75, 3.05) is 24.6 Å². The number of rotatable bonds is 7. The Labute approximate surface area is 125 Å². The van der Waals surface area contributed by atoms with Crippen molar-refractivity contribution >= 4 is 11.8 Å². The standard InChI is InChI=1S/C16H24N2O3/c1-3-6-13-9-12(16(19)20)10-15(17-13)18(4-2)11-14-7-5-8-21-14/h9-10,14H,3-8,11H2,1-2H3,(H,19,20). The lowest BCUT2D eigenvalue weighted by Crippen LogP contribution is -2.33. The van der Waals surface area contributed by atoms with Crippen molar-refractivity contribution in [2.45, 2.75) is 45.6 Å². The van der Waals surface area contributed by atoms with Crippen LogP contribution in [-0.2, 0) is 11.2 Å². The molecule has 0 saturated carbocycles. The third kappa shape index (κ3) is 4.17. The summed E-state index contributed by atoms with van der Waals surface area (Å²) in [7, 11) is 0. The number of hydrogen-bond donors (Lipinski definition) is 1. The lowest BCUT2D eigenvalue weighted by atomic mass is 10.1. The molecule has 0 spiro atoms. The largest absolute Gasteiger partial charge is 0.478 e. The number of hydrogen-bond acceptors (Lipinski definition) is 4. The van der Waals surface area contributed by atoms with E-state index in [0.717, 1.165) is 56.9 Å². The van der Waals surface area contributed by atoms with E-state index in [0.29, 0.717) is 5.56 Å². The van der Waals surface area contributed by atoms with E-state index in [1.807, 2.05) is 0 Å². The van der Waals surface area contributed by atoms with Gasteiger partial charge >= 0.3 is 5.97 Å². The van der Waals surface area contributed by atoms with E-state index in [4.69, 9.17) is 4.74 Å². The zero-order valence-electron chi connectivity index (χ0n) is 12.8. The molecule has 0 aromatic carbocycles. The average Bonchev–Trinajstić information content (AvgIpc) is 2.97. The monoisotopic (exact) mass is 292 g/mol. The van der Waals surface area contributed by atoms with Crippen molar-refractivity contribution in [1.29, 1.82) is 0 Å². The van der Waals surface area contributed by atoms with Gasteiger partial charge in [0.25, 0.3) is 0 Å². The summed E-state index contributed by atoms with van der Waals surface area (Å²) in [5, 5.41) is 9.27. The first-order valence-electron chi connectivity index (χ1n) is 7.74. The Morgan fingerprint density at radius 2 is 2.29 bits per heavy atom. The van der Waals surface area contributed by atoms with Crippen LogP contribution in [0.25, 0.3) is 0 Å². The molecule has 1 unspecified atom stereocenters. The molecule has 1 atom stereocenters. The lowest BCUT2D eigenvalue weighted by molar-refractivity contribution is 0.0696. The minimum absolute atomic E-state index is 0.231. The van der Waals surface area contributed by atoms with Gasteiger partial charge in [-0.2, -0.15) is 0 Å². The lowest BCUT2D eigenvalue weighted by Gasteiger charge is -2.25. The fraction of sp³-hybridized carbons (Fsp3) is 0.625. The summed E-state index contributed by atoms with van der Waals surface area (Å²) in [5.74, 6) is -0.152. The molecular weight excluding hydrogens is 268 g/mol. The second kappa shape index (κ2) is 7.41. The topological polar surface area (TPSA) is 62.7 Å². The summed E-state index contributed by atoms with van der Waals surface area (Å²) in [6, 6.07) is 3.34. The predicted octanol–water partition coefficient (Wildman–Crippen LogP) is 2.74. The second-order valence-electron chi connectivity index (χ2n) is 5.43. The molecule has 5 nitrogen and oxygen atoms in total. The summed E-state index contributed by atoms with van der Waals surface area (Å²) in [4.78, 5) is 18.0. The molecule has 1 fully saturated rings. The maximum absolute atomic E-state index is 11.3. The number of pyridine rings is 1. The molecule has 0 radical (unpaired) electrons. The Balaban J connectivity index is 2.23. The molecule has 2 rings (SSSR count). The number of ether oxygens (including phenoxy) is 1. The minimum atomic E-state index is -0.899. The number of carboxylic acid groups (broad SMARTS) is 1. The van der Waals surface area contributed by atoms with Gasteiger partial charge in [-0.25, -0.2) is 9.78 Å². The molecule has 1 saturated heterocycles. The number of carboxylic acids is 1. The summed E-state index contributed by atoms with van der Waals surface area (Å²) in [6.07, 6.45) is 4.15. The van der Waals surface area contributed by atoms with Crippen molar-refractivity contribution in [3.8, 4) is 0 Å². The molecule has 1 aromatic heterocycles. The first-order chi connectivity index (χ1) is 10.1. The quantitative estimate of drug-likeness (QED) is 0.837. The maximum atomic E-state index is 11.3. The van der Waals surface area contributed by atoms with Crippen molar-refractivity contribution in [3.63, 3.8) is 0 Å². The Morgan fingerprint density at radius 1 is 1.48 bits per heavy atom. The van der Waals surface area contributed by atoms with Gasteiger partial charge in [0.05, 0.1) is 11.7 Å². The molecule has 116 valence electrons. The van der Waals surface area contributed by atoms with Crippen molar-refractivity contribution in [2.24, 2.45) is 0 Å². The van der Waals surface area contributed by atoms with E-state index in [1.54, 1.807) is 12.1 Å². The number of aryl methyl sites for hydroxylation is 1. The third-order valence-corrected chi connectivity index (χ3v) is 3.77. The van der Waals surface area contributed by atoms with E-state index in [2.05, 4.69) is 23.7 Å². The van der Waals surface area contributed by atoms with Crippen LogP contribution in [0.4, 0.5) is 5.82 Å². The van der Waals surface area contributed by atoms with Gasteiger partial charge in [-0.15, -0.1) is 0 Å². The highest BCUT2D eigenvalue weighted by molar-refractivity contribution is 5.88. The van der Waals surface area contributed by atoms with Crippen LogP contribution >= 0.6 is 0 Å². The van der Waals surface area contributed by atoms with Crippen molar-refractivity contribution in [3.05, 3.63) is 23.4 Å². The van der Waals surface area contributed by atoms with Gasteiger partial charge in [0.2, 0.25) is 0 Å². The number of aromatic nitrogens is 1.